The van der Waals surface area contributed by atoms with Crippen LogP contribution in [-0.2, 0) is 15.5 Å². The molecule has 1 aliphatic rings. The third-order valence-electron chi connectivity index (χ3n) is 2.95. The first-order chi connectivity index (χ1) is 6.29. The average molecular weight is 423 g/mol. The molecule has 14 heavy (non-hydrogen) atoms. The molecule has 0 unspecified atom stereocenters. The first-order valence-corrected chi connectivity index (χ1v) is 11.6. The summed E-state index contributed by atoms with van der Waals surface area (Å²) in [6.45, 7) is 7.89. The fourth-order valence-corrected chi connectivity index (χ4v) is 2.37. The van der Waals surface area contributed by atoms with Crippen LogP contribution < -0.4 is 10.0 Å². The van der Waals surface area contributed by atoms with E-state index in [2.05, 4.69) is 20.8 Å². The van der Waals surface area contributed by atoms with Crippen LogP contribution in [0.5, 0.6) is 0 Å². The zero-order valence-electron chi connectivity index (χ0n) is 9.00. The first kappa shape index (κ1) is 15.2. The van der Waals surface area contributed by atoms with E-state index in [9.17, 15) is 0 Å². The minimum atomic E-state index is -1.82. The van der Waals surface area contributed by atoms with Crippen molar-refractivity contribution in [2.24, 2.45) is 27.3 Å². The van der Waals surface area contributed by atoms with E-state index in [-0.39, 0.29) is 0 Å². The number of halogens is 2. The molecule has 91 valence electrons. The summed E-state index contributed by atoms with van der Waals surface area (Å²) in [6.07, 6.45) is 2.69. The van der Waals surface area contributed by atoms with Crippen molar-refractivity contribution < 1.29 is 15.5 Å². The normalized spacial score (nSPS) is 30.6. The molecular weight excluding hydrogens is 402 g/mol. The van der Waals surface area contributed by atoms with Crippen LogP contribution >= 0.6 is 18.8 Å². The average Bonchev–Trinajstić information content (AvgIpc) is 2.22. The summed E-state index contributed by atoms with van der Waals surface area (Å²) in [5.41, 5.74) is 6.18. The van der Waals surface area contributed by atoms with E-state index in [4.69, 9.17) is 28.9 Å². The van der Waals surface area contributed by atoms with Gasteiger partial charge in [0, 0.05) is 0 Å². The molecule has 1 saturated carbocycles. The third kappa shape index (κ3) is 5.92. The molecule has 0 amide bonds. The molecule has 0 aromatic rings. The molecule has 0 saturated heterocycles. The zero-order valence-corrected chi connectivity index (χ0v) is 12.8. The van der Waals surface area contributed by atoms with E-state index >= 15 is 0 Å². The molecule has 0 aromatic carbocycles. The van der Waals surface area contributed by atoms with E-state index in [1.165, 1.54) is 12.8 Å². The van der Waals surface area contributed by atoms with Crippen LogP contribution in [-0.4, -0.2) is 6.54 Å². The van der Waals surface area contributed by atoms with Crippen molar-refractivity contribution in [3.8, 4) is 0 Å². The van der Waals surface area contributed by atoms with Crippen LogP contribution in [0.2, 0.25) is 0 Å². The summed E-state index contributed by atoms with van der Waals surface area (Å²) < 4.78 is 4.80. The zero-order chi connectivity index (χ0) is 11.4. The first-order valence-electron chi connectivity index (χ1n) is 4.68. The van der Waals surface area contributed by atoms with Gasteiger partial charge >= 0.3 is 38.6 Å². The van der Waals surface area contributed by atoms with E-state index in [1.54, 1.807) is 0 Å². The van der Waals surface area contributed by atoms with Crippen LogP contribution in [0.25, 0.3) is 0 Å². The van der Waals surface area contributed by atoms with Gasteiger partial charge in [-0.2, -0.15) is 0 Å². The Morgan fingerprint density at radius 1 is 1.43 bits per heavy atom. The number of rotatable bonds is 1. The van der Waals surface area contributed by atoms with Gasteiger partial charge in [-0.25, -0.2) is 0 Å². The number of hydrogen-bond donors (Lipinski definition) is 2. The molecule has 1 rings (SSSR count). The van der Waals surface area contributed by atoms with Gasteiger partial charge in [0.1, 0.15) is 0 Å². The SMILES string of the molecule is C[C@H]1C[C@@H](CN)C(C)(C)C1.[NH2][Pt]([Cl])[Cl]. The maximum atomic E-state index is 5.67. The Balaban J connectivity index is 0.000000364. The minimum absolute atomic E-state index is 0.508. The van der Waals surface area contributed by atoms with Crippen molar-refractivity contribution in [3.05, 3.63) is 0 Å². The summed E-state index contributed by atoms with van der Waals surface area (Å²) in [4.78, 5) is 0. The Labute approximate surface area is 101 Å². The van der Waals surface area contributed by atoms with Crippen molar-refractivity contribution in [2.45, 2.75) is 33.6 Å². The second-order valence-corrected chi connectivity index (χ2v) is 11.2. The van der Waals surface area contributed by atoms with E-state index in [0.717, 1.165) is 18.4 Å². The Kier molecular flexibility index (Phi) is 7.27. The van der Waals surface area contributed by atoms with Gasteiger partial charge in [0.05, 0.1) is 0 Å². The van der Waals surface area contributed by atoms with Crippen LogP contribution in [0.3, 0.4) is 0 Å². The monoisotopic (exact) mass is 422 g/mol. The summed E-state index contributed by atoms with van der Waals surface area (Å²) in [5.74, 6) is 1.66. The molecule has 0 aliphatic heterocycles. The predicted octanol–water partition coefficient (Wildman–Crippen LogP) is 2.80. The maximum absolute atomic E-state index is 5.67. The predicted molar refractivity (Wildman–Crippen MR) is 60.6 cm³/mol. The van der Waals surface area contributed by atoms with Gasteiger partial charge in [0.2, 0.25) is 0 Å². The number of nitrogens with two attached hydrogens (primary N) is 2. The fourth-order valence-electron chi connectivity index (χ4n) is 2.37. The summed E-state index contributed by atoms with van der Waals surface area (Å²) >= 11 is -1.82. The van der Waals surface area contributed by atoms with E-state index in [0.29, 0.717) is 5.41 Å². The molecule has 2 nitrogen and oxygen atoms in total. The van der Waals surface area contributed by atoms with Gasteiger partial charge in [0.15, 0.2) is 0 Å². The Bertz CT molecular complexity index is 162. The van der Waals surface area contributed by atoms with Crippen molar-refractivity contribution in [3.63, 3.8) is 0 Å². The summed E-state index contributed by atoms with van der Waals surface area (Å²) in [5, 5.41) is 0. The molecule has 0 spiro atoms. The molecule has 1 aliphatic carbocycles. The quantitative estimate of drug-likeness (QED) is 0.682. The van der Waals surface area contributed by atoms with Gasteiger partial charge in [-0.15, -0.1) is 0 Å². The summed E-state index contributed by atoms with van der Waals surface area (Å²) in [6, 6.07) is 0. The second kappa shape index (κ2) is 6.70. The van der Waals surface area contributed by atoms with Crippen molar-refractivity contribution >= 4 is 18.8 Å². The second-order valence-electron chi connectivity index (χ2n) is 4.65. The molecule has 1 fully saturated rings. The van der Waals surface area contributed by atoms with E-state index in [1.807, 2.05) is 0 Å². The van der Waals surface area contributed by atoms with Gasteiger partial charge in [0.25, 0.3) is 0 Å². The van der Waals surface area contributed by atoms with Crippen LogP contribution in [0.4, 0.5) is 0 Å². The summed E-state index contributed by atoms with van der Waals surface area (Å²) in [7, 11) is 9.95. The van der Waals surface area contributed by atoms with Crippen LogP contribution in [0.15, 0.2) is 0 Å². The van der Waals surface area contributed by atoms with Gasteiger partial charge in [-0.3, -0.25) is 0 Å². The molecule has 5 heteroatoms. The van der Waals surface area contributed by atoms with Gasteiger partial charge in [-0.1, -0.05) is 20.8 Å². The number of hydrogen-bond acceptors (Lipinski definition) is 2. The molecular formula is C9H21Cl2N2Pt. The third-order valence-corrected chi connectivity index (χ3v) is 2.95. The fraction of sp³-hybridized carbons (Fsp3) is 1.00. The van der Waals surface area contributed by atoms with Gasteiger partial charge in [-0.05, 0) is 36.6 Å². The van der Waals surface area contributed by atoms with Crippen molar-refractivity contribution in [1.29, 1.82) is 0 Å². The van der Waals surface area contributed by atoms with Gasteiger partial charge < -0.3 is 5.73 Å². The molecule has 0 aromatic heterocycles. The van der Waals surface area contributed by atoms with Crippen LogP contribution in [0.1, 0.15) is 33.6 Å². The molecule has 0 bridgehead atoms. The standard InChI is InChI=1S/C9H19N.2ClH.H2N.Pt/c1-7-4-8(6-10)9(2,3)5-7;;;;/h7-8H,4-6,10H2,1-3H3;2*1H;1H2;/q;;;-1;+3/p-2/t7-,8-;;;;/m0..../s1. The molecule has 4 N–H and O–H groups in total. The Morgan fingerprint density at radius 3 is 2.00 bits per heavy atom. The molecule has 0 heterocycles. The Morgan fingerprint density at radius 2 is 1.86 bits per heavy atom. The van der Waals surface area contributed by atoms with Crippen molar-refractivity contribution in [1.82, 2.24) is 0 Å². The molecule has 2 atom stereocenters. The van der Waals surface area contributed by atoms with E-state index < -0.39 is 15.5 Å². The Hall–Kier alpha value is 1.19. The van der Waals surface area contributed by atoms with Crippen LogP contribution in [0, 0.1) is 17.3 Å². The molecule has 0 radical (unpaired) electrons. The topological polar surface area (TPSA) is 52.0 Å². The van der Waals surface area contributed by atoms with Crippen molar-refractivity contribution in [2.75, 3.05) is 6.54 Å².